The summed E-state index contributed by atoms with van der Waals surface area (Å²) < 4.78 is 5.10. The fraction of sp³-hybridized carbons (Fsp3) is 0.818. The smallest absolute Gasteiger partial charge is 0.226 e. The third kappa shape index (κ3) is 4.93. The van der Waals surface area contributed by atoms with E-state index in [1.54, 1.807) is 0 Å². The van der Waals surface area contributed by atoms with Crippen LogP contribution in [0.25, 0.3) is 0 Å². The second kappa shape index (κ2) is 6.56. The molecule has 86 valence electrons. The molecule has 4 nitrogen and oxygen atoms in total. The van der Waals surface area contributed by atoms with Gasteiger partial charge in [-0.05, 0) is 25.2 Å². The molecule has 1 heterocycles. The maximum Gasteiger partial charge on any atom is 0.226 e. The molecule has 0 spiro atoms. The van der Waals surface area contributed by atoms with Crippen LogP contribution < -0.4 is 0 Å². The molecule has 1 aromatic heterocycles. The predicted octanol–water partition coefficient (Wildman–Crippen LogP) is 1.97. The summed E-state index contributed by atoms with van der Waals surface area (Å²) in [6, 6.07) is 0. The van der Waals surface area contributed by atoms with E-state index in [1.165, 1.54) is 0 Å². The zero-order chi connectivity index (χ0) is 11.1. The highest BCUT2D eigenvalue weighted by Crippen LogP contribution is 2.08. The normalized spacial score (nSPS) is 11.2. The van der Waals surface area contributed by atoms with Gasteiger partial charge in [0.05, 0.1) is 0 Å². The molecule has 15 heavy (non-hydrogen) atoms. The van der Waals surface area contributed by atoms with Gasteiger partial charge in [0.1, 0.15) is 0 Å². The molecule has 0 saturated carbocycles. The molecule has 0 aliphatic heterocycles. The van der Waals surface area contributed by atoms with Crippen LogP contribution in [0.15, 0.2) is 4.52 Å². The fourth-order valence-corrected chi connectivity index (χ4v) is 1.30. The van der Waals surface area contributed by atoms with Crippen LogP contribution in [0.3, 0.4) is 0 Å². The first-order chi connectivity index (χ1) is 7.22. The van der Waals surface area contributed by atoms with E-state index in [2.05, 4.69) is 24.0 Å². The number of aryl methyl sites for hydroxylation is 2. The Morgan fingerprint density at radius 3 is 2.73 bits per heavy atom. The Labute approximate surface area is 90.7 Å². The molecule has 0 bridgehead atoms. The van der Waals surface area contributed by atoms with Crippen molar-refractivity contribution >= 4 is 0 Å². The topological polar surface area (TPSA) is 59.2 Å². The van der Waals surface area contributed by atoms with E-state index in [0.29, 0.717) is 11.8 Å². The van der Waals surface area contributed by atoms with Gasteiger partial charge in [-0.3, -0.25) is 0 Å². The second-order valence-electron chi connectivity index (χ2n) is 4.22. The Hall–Kier alpha value is -0.900. The molecular formula is C11H20N2O2. The molecule has 0 aliphatic rings. The molecule has 0 atom stereocenters. The van der Waals surface area contributed by atoms with Gasteiger partial charge in [-0.2, -0.15) is 4.98 Å². The number of rotatable bonds is 7. The van der Waals surface area contributed by atoms with Crippen molar-refractivity contribution in [1.82, 2.24) is 10.1 Å². The standard InChI is InChI=1S/C11H20N2O2/c1-9(2)6-7-10-12-11(15-13-10)5-3-4-8-14/h9,14H,3-8H2,1-2H3. The SMILES string of the molecule is CC(C)CCc1noc(CCCCO)n1. The lowest BCUT2D eigenvalue weighted by atomic mass is 10.1. The molecule has 4 heteroatoms. The van der Waals surface area contributed by atoms with Gasteiger partial charge in [-0.15, -0.1) is 0 Å². The van der Waals surface area contributed by atoms with Gasteiger partial charge < -0.3 is 9.63 Å². The fourth-order valence-electron chi connectivity index (χ4n) is 1.30. The van der Waals surface area contributed by atoms with Gasteiger partial charge in [-0.1, -0.05) is 19.0 Å². The predicted molar refractivity (Wildman–Crippen MR) is 57.5 cm³/mol. The number of aliphatic hydroxyl groups excluding tert-OH is 1. The second-order valence-corrected chi connectivity index (χ2v) is 4.22. The van der Waals surface area contributed by atoms with Crippen molar-refractivity contribution in [2.75, 3.05) is 6.61 Å². The van der Waals surface area contributed by atoms with Crippen molar-refractivity contribution in [1.29, 1.82) is 0 Å². The highest BCUT2D eigenvalue weighted by atomic mass is 16.5. The lowest BCUT2D eigenvalue weighted by Gasteiger charge is -1.98. The van der Waals surface area contributed by atoms with Crippen LogP contribution in [0.4, 0.5) is 0 Å². The minimum atomic E-state index is 0.230. The molecular weight excluding hydrogens is 192 g/mol. The molecule has 0 aromatic carbocycles. The van der Waals surface area contributed by atoms with Crippen LogP contribution in [0, 0.1) is 5.92 Å². The zero-order valence-corrected chi connectivity index (χ0v) is 9.57. The van der Waals surface area contributed by atoms with E-state index in [-0.39, 0.29) is 6.61 Å². The van der Waals surface area contributed by atoms with E-state index < -0.39 is 0 Å². The Morgan fingerprint density at radius 1 is 1.27 bits per heavy atom. The third-order valence-electron chi connectivity index (χ3n) is 2.25. The van der Waals surface area contributed by atoms with Crippen molar-refractivity contribution in [3.05, 3.63) is 11.7 Å². The summed E-state index contributed by atoms with van der Waals surface area (Å²) >= 11 is 0. The number of hydrogen-bond acceptors (Lipinski definition) is 4. The van der Waals surface area contributed by atoms with Gasteiger partial charge in [0.15, 0.2) is 5.82 Å². The lowest BCUT2D eigenvalue weighted by molar-refractivity contribution is 0.280. The Morgan fingerprint density at radius 2 is 2.07 bits per heavy atom. The van der Waals surface area contributed by atoms with Crippen molar-refractivity contribution in [2.24, 2.45) is 5.92 Å². The maximum absolute atomic E-state index is 8.63. The van der Waals surface area contributed by atoms with E-state index in [1.807, 2.05) is 0 Å². The van der Waals surface area contributed by atoms with E-state index in [9.17, 15) is 0 Å². The van der Waals surface area contributed by atoms with Crippen LogP contribution >= 0.6 is 0 Å². The zero-order valence-electron chi connectivity index (χ0n) is 9.57. The van der Waals surface area contributed by atoms with Crippen molar-refractivity contribution < 1.29 is 9.63 Å². The summed E-state index contributed by atoms with van der Waals surface area (Å²) in [5.41, 5.74) is 0. The molecule has 0 radical (unpaired) electrons. The number of aliphatic hydroxyl groups is 1. The Bertz CT molecular complexity index is 271. The van der Waals surface area contributed by atoms with Gasteiger partial charge in [-0.25, -0.2) is 0 Å². The molecule has 0 amide bonds. The molecule has 1 aromatic rings. The van der Waals surface area contributed by atoms with Crippen LogP contribution in [0.5, 0.6) is 0 Å². The summed E-state index contributed by atoms with van der Waals surface area (Å²) in [6.45, 7) is 4.60. The van der Waals surface area contributed by atoms with E-state index >= 15 is 0 Å². The van der Waals surface area contributed by atoms with E-state index in [4.69, 9.17) is 9.63 Å². The Kier molecular flexibility index (Phi) is 5.32. The van der Waals surface area contributed by atoms with E-state index in [0.717, 1.165) is 37.9 Å². The van der Waals surface area contributed by atoms with Gasteiger partial charge in [0, 0.05) is 19.4 Å². The first-order valence-corrected chi connectivity index (χ1v) is 5.64. The summed E-state index contributed by atoms with van der Waals surface area (Å²) in [7, 11) is 0. The highest BCUT2D eigenvalue weighted by Gasteiger charge is 2.06. The van der Waals surface area contributed by atoms with Crippen molar-refractivity contribution in [3.8, 4) is 0 Å². The van der Waals surface area contributed by atoms with Gasteiger partial charge in [0.25, 0.3) is 0 Å². The number of unbranched alkanes of at least 4 members (excludes halogenated alkanes) is 1. The van der Waals surface area contributed by atoms with Gasteiger partial charge in [0.2, 0.25) is 5.89 Å². The van der Waals surface area contributed by atoms with Crippen LogP contribution in [0.1, 0.15) is 44.8 Å². The van der Waals surface area contributed by atoms with Crippen molar-refractivity contribution in [2.45, 2.75) is 46.0 Å². The molecule has 0 unspecified atom stereocenters. The summed E-state index contributed by atoms with van der Waals surface area (Å²) in [5.74, 6) is 2.17. The highest BCUT2D eigenvalue weighted by molar-refractivity contribution is 4.86. The number of nitrogens with zero attached hydrogens (tertiary/aromatic N) is 2. The number of hydrogen-bond donors (Lipinski definition) is 1. The summed E-state index contributed by atoms with van der Waals surface area (Å²) in [4.78, 5) is 4.29. The maximum atomic E-state index is 8.63. The monoisotopic (exact) mass is 212 g/mol. The first kappa shape index (κ1) is 12.2. The quantitative estimate of drug-likeness (QED) is 0.702. The van der Waals surface area contributed by atoms with Crippen molar-refractivity contribution in [3.63, 3.8) is 0 Å². The Balaban J connectivity index is 2.29. The third-order valence-corrected chi connectivity index (χ3v) is 2.25. The lowest BCUT2D eigenvalue weighted by Crippen LogP contribution is -1.94. The number of aromatic nitrogens is 2. The molecule has 0 saturated heterocycles. The summed E-state index contributed by atoms with van der Waals surface area (Å²) in [6.07, 6.45) is 4.46. The molecule has 1 rings (SSSR count). The van der Waals surface area contributed by atoms with Crippen LogP contribution in [-0.2, 0) is 12.8 Å². The molecule has 0 aliphatic carbocycles. The first-order valence-electron chi connectivity index (χ1n) is 5.64. The van der Waals surface area contributed by atoms with Crippen LogP contribution in [0.2, 0.25) is 0 Å². The average Bonchev–Trinajstić information content (AvgIpc) is 2.63. The minimum absolute atomic E-state index is 0.230. The van der Waals surface area contributed by atoms with Crippen LogP contribution in [-0.4, -0.2) is 21.9 Å². The molecule has 1 N–H and O–H groups in total. The van der Waals surface area contributed by atoms with Gasteiger partial charge >= 0.3 is 0 Å². The average molecular weight is 212 g/mol. The largest absolute Gasteiger partial charge is 0.396 e. The summed E-state index contributed by atoms with van der Waals surface area (Å²) in [5, 5.41) is 12.5. The minimum Gasteiger partial charge on any atom is -0.396 e. The molecule has 0 fully saturated rings.